The second kappa shape index (κ2) is 19.9. The number of unbranched alkanes of at least 4 members (excludes halogenated alkanes) is 1. The van der Waals surface area contributed by atoms with Crippen molar-refractivity contribution in [3.8, 4) is 0 Å². The number of rotatable bonds is 7. The van der Waals surface area contributed by atoms with Gasteiger partial charge in [0, 0.05) is 26.4 Å². The van der Waals surface area contributed by atoms with Gasteiger partial charge < -0.3 is 19.7 Å². The molecule has 0 saturated carbocycles. The van der Waals surface area contributed by atoms with Crippen LogP contribution in [-0.4, -0.2) is 61.7 Å². The SMILES string of the molecule is C1CCOC1.CCCCC1C(=O)NN(c2ccccc2)C1=O.CCOCC.OCCO. The highest BCUT2D eigenvalue weighted by Gasteiger charge is 2.39. The van der Waals surface area contributed by atoms with Gasteiger partial charge in [-0.25, -0.2) is 5.01 Å². The molecule has 8 heteroatoms. The Kier molecular flexibility index (Phi) is 18.6. The first-order chi connectivity index (χ1) is 15.1. The molecule has 2 aliphatic heterocycles. The first-order valence-electron chi connectivity index (χ1n) is 11.1. The number of benzene rings is 1. The van der Waals surface area contributed by atoms with E-state index in [0.29, 0.717) is 12.1 Å². The molecule has 1 aromatic carbocycles. The fourth-order valence-electron chi connectivity index (χ4n) is 2.66. The van der Waals surface area contributed by atoms with Gasteiger partial charge in [-0.3, -0.25) is 15.0 Å². The number of para-hydroxylation sites is 1. The van der Waals surface area contributed by atoms with Crippen molar-refractivity contribution in [2.45, 2.75) is 52.9 Å². The Bertz CT molecular complexity index is 555. The third-order valence-electron chi connectivity index (χ3n) is 4.25. The maximum atomic E-state index is 12.1. The highest BCUT2D eigenvalue weighted by atomic mass is 16.5. The van der Waals surface area contributed by atoms with E-state index in [-0.39, 0.29) is 25.0 Å². The lowest BCUT2D eigenvalue weighted by Gasteiger charge is -2.14. The van der Waals surface area contributed by atoms with Crippen molar-refractivity contribution in [3.05, 3.63) is 30.3 Å². The molecule has 2 fully saturated rings. The highest BCUT2D eigenvalue weighted by Crippen LogP contribution is 2.22. The minimum atomic E-state index is -0.518. The summed E-state index contributed by atoms with van der Waals surface area (Å²) in [5.41, 5.74) is 3.34. The molecule has 0 spiro atoms. The number of ether oxygens (including phenoxy) is 2. The molecule has 2 heterocycles. The zero-order valence-electron chi connectivity index (χ0n) is 19.2. The largest absolute Gasteiger partial charge is 0.394 e. The van der Waals surface area contributed by atoms with Crippen LogP contribution >= 0.6 is 0 Å². The van der Waals surface area contributed by atoms with Crippen molar-refractivity contribution < 1.29 is 29.3 Å². The first kappa shape index (κ1) is 29.0. The summed E-state index contributed by atoms with van der Waals surface area (Å²) in [6.45, 7) is 9.46. The number of amides is 2. The third-order valence-corrected chi connectivity index (χ3v) is 4.25. The zero-order chi connectivity index (χ0) is 23.3. The number of aliphatic hydroxyl groups is 2. The molecule has 2 aliphatic rings. The Labute approximate surface area is 186 Å². The number of hydrazine groups is 1. The van der Waals surface area contributed by atoms with E-state index in [0.717, 1.165) is 39.3 Å². The number of hydrogen-bond acceptors (Lipinski definition) is 6. The van der Waals surface area contributed by atoms with E-state index >= 15 is 0 Å². The molecule has 1 atom stereocenters. The maximum absolute atomic E-state index is 12.1. The number of aliphatic hydroxyl groups excluding tert-OH is 2. The van der Waals surface area contributed by atoms with Gasteiger partial charge in [-0.05, 0) is 45.2 Å². The molecular weight excluding hydrogens is 400 g/mol. The van der Waals surface area contributed by atoms with Crippen LogP contribution in [0.25, 0.3) is 0 Å². The molecule has 178 valence electrons. The van der Waals surface area contributed by atoms with Gasteiger partial charge in [0.1, 0.15) is 5.92 Å². The van der Waals surface area contributed by atoms with E-state index < -0.39 is 5.92 Å². The van der Waals surface area contributed by atoms with Gasteiger partial charge in [0.05, 0.1) is 18.9 Å². The van der Waals surface area contributed by atoms with Gasteiger partial charge in [0.25, 0.3) is 11.8 Å². The number of anilines is 1. The predicted molar refractivity (Wildman–Crippen MR) is 121 cm³/mol. The number of nitrogens with zero attached hydrogens (tertiary/aromatic N) is 1. The molecule has 1 unspecified atom stereocenters. The standard InChI is InChI=1S/C13H16N2O2.C4H8O.C4H10O.C2H6O2/c1-2-3-9-11-12(16)14-15(13(11)17)10-7-5-4-6-8-10;1-2-4-5-3-1;1-3-5-4-2;3-1-2-4/h4-8,11H,2-3,9H2,1H3,(H,14,16);1-4H2;3-4H2,1-2H3;3-4H,1-2H2. The average molecular weight is 441 g/mol. The molecule has 2 saturated heterocycles. The zero-order valence-corrected chi connectivity index (χ0v) is 19.2. The van der Waals surface area contributed by atoms with Gasteiger partial charge in [-0.1, -0.05) is 38.0 Å². The average Bonchev–Trinajstić information content (AvgIpc) is 3.47. The number of carbonyl (C=O) groups is 2. The molecule has 0 bridgehead atoms. The molecule has 1 aromatic rings. The van der Waals surface area contributed by atoms with E-state index in [2.05, 4.69) is 5.43 Å². The summed E-state index contributed by atoms with van der Waals surface area (Å²) < 4.78 is 9.78. The van der Waals surface area contributed by atoms with E-state index in [9.17, 15) is 9.59 Å². The summed E-state index contributed by atoms with van der Waals surface area (Å²) in [4.78, 5) is 23.8. The van der Waals surface area contributed by atoms with Crippen LogP contribution in [0.3, 0.4) is 0 Å². The number of nitrogens with one attached hydrogen (secondary N) is 1. The Morgan fingerprint density at radius 1 is 1.03 bits per heavy atom. The minimum Gasteiger partial charge on any atom is -0.394 e. The van der Waals surface area contributed by atoms with Crippen LogP contribution in [-0.2, 0) is 19.1 Å². The van der Waals surface area contributed by atoms with Crippen molar-refractivity contribution in [3.63, 3.8) is 0 Å². The van der Waals surface area contributed by atoms with Gasteiger partial charge in [-0.15, -0.1) is 0 Å². The Hall–Kier alpha value is -2.00. The summed E-state index contributed by atoms with van der Waals surface area (Å²) in [6, 6.07) is 9.17. The molecule has 8 nitrogen and oxygen atoms in total. The summed E-state index contributed by atoms with van der Waals surface area (Å²) in [7, 11) is 0. The molecule has 2 amide bonds. The normalized spacial score (nSPS) is 16.9. The second-order valence-electron chi connectivity index (χ2n) is 6.73. The lowest BCUT2D eigenvalue weighted by molar-refractivity contribution is -0.127. The predicted octanol–water partition coefficient (Wildman–Crippen LogP) is 2.68. The quantitative estimate of drug-likeness (QED) is 0.563. The van der Waals surface area contributed by atoms with Crippen molar-refractivity contribution in [1.82, 2.24) is 5.43 Å². The Balaban J connectivity index is 0.000000523. The molecule has 0 radical (unpaired) electrons. The third kappa shape index (κ3) is 13.1. The van der Waals surface area contributed by atoms with Crippen LogP contribution in [0, 0.1) is 5.92 Å². The minimum absolute atomic E-state index is 0.125. The van der Waals surface area contributed by atoms with E-state index in [4.69, 9.17) is 19.7 Å². The smallest absolute Gasteiger partial charge is 0.258 e. The van der Waals surface area contributed by atoms with Crippen LogP contribution in [0.2, 0.25) is 0 Å². The molecule has 0 aliphatic carbocycles. The van der Waals surface area contributed by atoms with Crippen LogP contribution in [0.5, 0.6) is 0 Å². The first-order valence-corrected chi connectivity index (χ1v) is 11.1. The monoisotopic (exact) mass is 440 g/mol. The Morgan fingerprint density at radius 2 is 1.61 bits per heavy atom. The molecule has 3 rings (SSSR count). The van der Waals surface area contributed by atoms with E-state index in [1.165, 1.54) is 17.9 Å². The molecular formula is C23H40N2O6. The van der Waals surface area contributed by atoms with Gasteiger partial charge in [-0.2, -0.15) is 0 Å². The van der Waals surface area contributed by atoms with Gasteiger partial charge in [0.15, 0.2) is 0 Å². The fourth-order valence-corrected chi connectivity index (χ4v) is 2.66. The van der Waals surface area contributed by atoms with Crippen molar-refractivity contribution in [2.75, 3.05) is 44.7 Å². The van der Waals surface area contributed by atoms with Crippen LogP contribution < -0.4 is 10.4 Å². The highest BCUT2D eigenvalue weighted by molar-refractivity contribution is 6.14. The van der Waals surface area contributed by atoms with Gasteiger partial charge in [0.2, 0.25) is 0 Å². The van der Waals surface area contributed by atoms with Crippen LogP contribution in [0.15, 0.2) is 30.3 Å². The van der Waals surface area contributed by atoms with E-state index in [1.807, 2.05) is 39.0 Å². The van der Waals surface area contributed by atoms with Crippen molar-refractivity contribution in [2.24, 2.45) is 5.92 Å². The van der Waals surface area contributed by atoms with E-state index in [1.54, 1.807) is 12.1 Å². The summed E-state index contributed by atoms with van der Waals surface area (Å²) in [5.74, 6) is -0.850. The second-order valence-corrected chi connectivity index (χ2v) is 6.73. The number of carbonyl (C=O) groups excluding carboxylic acids is 2. The lowest BCUT2D eigenvalue weighted by atomic mass is 10.0. The molecule has 31 heavy (non-hydrogen) atoms. The lowest BCUT2D eigenvalue weighted by Crippen LogP contribution is -2.35. The summed E-state index contributed by atoms with van der Waals surface area (Å²) >= 11 is 0. The Morgan fingerprint density at radius 3 is 2.00 bits per heavy atom. The van der Waals surface area contributed by atoms with Crippen molar-refractivity contribution in [1.29, 1.82) is 0 Å². The molecule has 0 aromatic heterocycles. The van der Waals surface area contributed by atoms with Crippen LogP contribution in [0.1, 0.15) is 52.9 Å². The molecule has 3 N–H and O–H groups in total. The van der Waals surface area contributed by atoms with Crippen LogP contribution in [0.4, 0.5) is 5.69 Å². The fraction of sp³-hybridized carbons (Fsp3) is 0.652. The van der Waals surface area contributed by atoms with Crippen molar-refractivity contribution >= 4 is 17.5 Å². The summed E-state index contributed by atoms with van der Waals surface area (Å²) in [5, 5.41) is 16.6. The summed E-state index contributed by atoms with van der Waals surface area (Å²) in [6.07, 6.45) is 5.07. The maximum Gasteiger partial charge on any atom is 0.258 e. The topological polar surface area (TPSA) is 108 Å². The van der Waals surface area contributed by atoms with Gasteiger partial charge >= 0.3 is 0 Å². The number of hydrogen-bond donors (Lipinski definition) is 3.